The lowest BCUT2D eigenvalue weighted by molar-refractivity contribution is -0.145. The number of hydrogen-bond acceptors (Lipinski definition) is 5. The molecule has 0 bridgehead atoms. The van der Waals surface area contributed by atoms with E-state index in [1.54, 1.807) is 0 Å². The summed E-state index contributed by atoms with van der Waals surface area (Å²) in [6, 6.07) is -0.464. The highest BCUT2D eigenvalue weighted by molar-refractivity contribution is 4.93. The molecule has 4 N–H and O–H groups in total. The number of β-amino-alcohol motifs (C(OH)–C–C–N with tert-alkyl or cyclic N) is 1. The molecule has 0 spiro atoms. The average Bonchev–Trinajstić information content (AvgIpc) is 2.44. The molecule has 1 heterocycles. The van der Waals surface area contributed by atoms with E-state index < -0.39 is 24.4 Å². The Morgan fingerprint density at radius 3 is 2.10 bits per heavy atom. The normalized spacial score (nSPS) is 31.6. The minimum Gasteiger partial charge on any atom is -0.395 e. The first kappa shape index (κ1) is 17.9. The number of hydrogen-bond donors (Lipinski definition) is 4. The molecule has 0 aromatic rings. The van der Waals surface area contributed by atoms with Crippen LogP contribution < -0.4 is 0 Å². The minimum atomic E-state index is -1.16. The van der Waals surface area contributed by atoms with Crippen LogP contribution >= 0.6 is 0 Å². The van der Waals surface area contributed by atoms with Crippen molar-refractivity contribution < 1.29 is 20.4 Å². The number of rotatable bonds is 9. The van der Waals surface area contributed by atoms with E-state index in [9.17, 15) is 20.4 Å². The smallest absolute Gasteiger partial charge is 0.109 e. The second kappa shape index (κ2) is 9.68. The van der Waals surface area contributed by atoms with Crippen LogP contribution in [-0.4, -0.2) is 69.4 Å². The SMILES string of the molecule is CCCCCCCCCN1C[C@@H](O)[C@@H](O)[C@H](O)[C@H]1CO. The third kappa shape index (κ3) is 5.30. The van der Waals surface area contributed by atoms with Gasteiger partial charge < -0.3 is 20.4 Å². The summed E-state index contributed by atoms with van der Waals surface area (Å²) < 4.78 is 0. The van der Waals surface area contributed by atoms with Crippen molar-refractivity contribution in [3.8, 4) is 0 Å². The Labute approximate surface area is 122 Å². The summed E-state index contributed by atoms with van der Waals surface area (Å²) in [6.07, 6.45) is 5.29. The van der Waals surface area contributed by atoms with Gasteiger partial charge in [0.1, 0.15) is 12.2 Å². The van der Waals surface area contributed by atoms with Gasteiger partial charge in [-0.05, 0) is 13.0 Å². The minimum absolute atomic E-state index is 0.193. The lowest BCUT2D eigenvalue weighted by Gasteiger charge is -2.43. The van der Waals surface area contributed by atoms with Crippen LogP contribution in [0.3, 0.4) is 0 Å². The first-order valence-corrected chi connectivity index (χ1v) is 8.01. The molecule has 1 fully saturated rings. The molecule has 0 radical (unpaired) electrons. The topological polar surface area (TPSA) is 84.2 Å². The van der Waals surface area contributed by atoms with Crippen molar-refractivity contribution in [2.24, 2.45) is 0 Å². The highest BCUT2D eigenvalue weighted by atomic mass is 16.4. The van der Waals surface area contributed by atoms with Gasteiger partial charge in [0.05, 0.1) is 18.8 Å². The van der Waals surface area contributed by atoms with Crippen molar-refractivity contribution >= 4 is 0 Å². The number of unbranched alkanes of at least 4 members (excludes halogenated alkanes) is 6. The summed E-state index contributed by atoms with van der Waals surface area (Å²) in [7, 11) is 0. The van der Waals surface area contributed by atoms with E-state index in [0.717, 1.165) is 19.4 Å². The van der Waals surface area contributed by atoms with E-state index in [0.29, 0.717) is 6.54 Å². The quantitative estimate of drug-likeness (QED) is 0.465. The zero-order valence-electron chi connectivity index (χ0n) is 12.6. The van der Waals surface area contributed by atoms with Crippen molar-refractivity contribution in [3.05, 3.63) is 0 Å². The summed E-state index contributed by atoms with van der Waals surface area (Å²) in [4.78, 5) is 1.90. The lowest BCUT2D eigenvalue weighted by Crippen LogP contribution is -2.62. The largest absolute Gasteiger partial charge is 0.395 e. The predicted octanol–water partition coefficient (Wildman–Crippen LogP) is 0.496. The lowest BCUT2D eigenvalue weighted by atomic mass is 9.94. The maximum absolute atomic E-state index is 9.87. The molecule has 0 aromatic carbocycles. The van der Waals surface area contributed by atoms with Crippen LogP contribution in [0.5, 0.6) is 0 Å². The molecule has 1 rings (SSSR count). The summed E-state index contributed by atoms with van der Waals surface area (Å²) in [5.74, 6) is 0. The Bertz CT molecular complexity index is 252. The summed E-state index contributed by atoms with van der Waals surface area (Å²) in [5, 5.41) is 38.5. The van der Waals surface area contributed by atoms with Gasteiger partial charge in [-0.15, -0.1) is 0 Å². The third-order valence-electron chi connectivity index (χ3n) is 4.26. The molecule has 0 aromatic heterocycles. The number of nitrogens with zero attached hydrogens (tertiary/aromatic N) is 1. The molecule has 0 aliphatic carbocycles. The second-order valence-corrected chi connectivity index (χ2v) is 5.91. The van der Waals surface area contributed by atoms with Gasteiger partial charge in [0.25, 0.3) is 0 Å². The fraction of sp³-hybridized carbons (Fsp3) is 1.00. The molecule has 0 unspecified atom stereocenters. The van der Waals surface area contributed by atoms with Crippen molar-refractivity contribution in [3.63, 3.8) is 0 Å². The maximum Gasteiger partial charge on any atom is 0.109 e. The predicted molar refractivity (Wildman–Crippen MR) is 78.5 cm³/mol. The molecule has 0 saturated carbocycles. The number of aliphatic hydroxyl groups is 4. The molecular formula is C15H31NO4. The highest BCUT2D eigenvalue weighted by Gasteiger charge is 2.40. The van der Waals surface area contributed by atoms with E-state index in [1.807, 2.05) is 4.90 Å². The molecular weight excluding hydrogens is 258 g/mol. The van der Waals surface area contributed by atoms with Crippen molar-refractivity contribution in [2.75, 3.05) is 19.7 Å². The Morgan fingerprint density at radius 2 is 1.50 bits per heavy atom. The monoisotopic (exact) mass is 289 g/mol. The Balaban J connectivity index is 2.24. The van der Waals surface area contributed by atoms with Gasteiger partial charge in [0.2, 0.25) is 0 Å². The van der Waals surface area contributed by atoms with Gasteiger partial charge in [-0.1, -0.05) is 45.4 Å². The van der Waals surface area contributed by atoms with Gasteiger partial charge in [-0.25, -0.2) is 0 Å². The summed E-state index contributed by atoms with van der Waals surface area (Å²) in [6.45, 7) is 3.08. The fourth-order valence-corrected chi connectivity index (χ4v) is 2.91. The van der Waals surface area contributed by atoms with Crippen LogP contribution in [0.25, 0.3) is 0 Å². The molecule has 1 aliphatic rings. The van der Waals surface area contributed by atoms with Crippen LogP contribution in [0.1, 0.15) is 51.9 Å². The zero-order valence-corrected chi connectivity index (χ0v) is 12.6. The highest BCUT2D eigenvalue weighted by Crippen LogP contribution is 2.19. The van der Waals surface area contributed by atoms with E-state index in [-0.39, 0.29) is 6.61 Å². The zero-order chi connectivity index (χ0) is 15.0. The standard InChI is InChI=1S/C15H31NO4/c1-2-3-4-5-6-7-8-9-16-10-13(18)15(20)14(19)12(16)11-17/h12-15,17-20H,2-11H2,1H3/t12-,13-,14-,15-/m1/s1. The molecule has 120 valence electrons. The van der Waals surface area contributed by atoms with E-state index in [1.165, 1.54) is 32.1 Å². The second-order valence-electron chi connectivity index (χ2n) is 5.91. The van der Waals surface area contributed by atoms with Crippen molar-refractivity contribution in [1.82, 2.24) is 4.90 Å². The van der Waals surface area contributed by atoms with E-state index in [4.69, 9.17) is 0 Å². The van der Waals surface area contributed by atoms with Crippen LogP contribution in [-0.2, 0) is 0 Å². The van der Waals surface area contributed by atoms with Gasteiger partial charge >= 0.3 is 0 Å². The Kier molecular flexibility index (Phi) is 8.64. The number of aliphatic hydroxyl groups excluding tert-OH is 4. The number of likely N-dealkylation sites (tertiary alicyclic amines) is 1. The molecule has 20 heavy (non-hydrogen) atoms. The Hall–Kier alpha value is -0.200. The first-order valence-electron chi connectivity index (χ1n) is 8.01. The fourth-order valence-electron chi connectivity index (χ4n) is 2.91. The molecule has 5 heteroatoms. The van der Waals surface area contributed by atoms with Gasteiger partial charge in [-0.3, -0.25) is 4.90 Å². The summed E-state index contributed by atoms with van der Waals surface area (Å²) in [5.41, 5.74) is 0. The molecule has 1 saturated heterocycles. The molecule has 1 aliphatic heterocycles. The van der Waals surface area contributed by atoms with E-state index >= 15 is 0 Å². The van der Waals surface area contributed by atoms with E-state index in [2.05, 4.69) is 6.92 Å². The average molecular weight is 289 g/mol. The molecule has 0 amide bonds. The van der Waals surface area contributed by atoms with Crippen LogP contribution in [0.4, 0.5) is 0 Å². The summed E-state index contributed by atoms with van der Waals surface area (Å²) >= 11 is 0. The number of piperidine rings is 1. The van der Waals surface area contributed by atoms with Gasteiger partial charge in [0.15, 0.2) is 0 Å². The van der Waals surface area contributed by atoms with Gasteiger partial charge in [0, 0.05) is 6.54 Å². The van der Waals surface area contributed by atoms with Crippen LogP contribution in [0.2, 0.25) is 0 Å². The molecule has 4 atom stereocenters. The van der Waals surface area contributed by atoms with Crippen LogP contribution in [0.15, 0.2) is 0 Å². The van der Waals surface area contributed by atoms with Crippen LogP contribution in [0, 0.1) is 0 Å². The maximum atomic E-state index is 9.87. The Morgan fingerprint density at radius 1 is 0.900 bits per heavy atom. The van der Waals surface area contributed by atoms with Crippen molar-refractivity contribution in [1.29, 1.82) is 0 Å². The van der Waals surface area contributed by atoms with Crippen molar-refractivity contribution in [2.45, 2.75) is 76.2 Å². The third-order valence-corrected chi connectivity index (χ3v) is 4.26. The molecule has 5 nitrogen and oxygen atoms in total. The van der Waals surface area contributed by atoms with Gasteiger partial charge in [-0.2, -0.15) is 0 Å². The first-order chi connectivity index (χ1) is 9.61.